The number of nitrogens with one attached hydrogen (secondary N) is 1. The Morgan fingerprint density at radius 1 is 1.20 bits per heavy atom. The molecular weight excluding hydrogens is 244 g/mol. The van der Waals surface area contributed by atoms with E-state index < -0.39 is 0 Å². The third kappa shape index (κ3) is 4.32. The Balaban J connectivity index is 2.00. The van der Waals surface area contributed by atoms with Crippen LogP contribution in [-0.2, 0) is 13.0 Å². The summed E-state index contributed by atoms with van der Waals surface area (Å²) in [5, 5.41) is 3.69. The van der Waals surface area contributed by atoms with E-state index >= 15 is 0 Å². The van der Waals surface area contributed by atoms with Gasteiger partial charge in [-0.3, -0.25) is 4.90 Å². The zero-order valence-electron chi connectivity index (χ0n) is 13.6. The van der Waals surface area contributed by atoms with Crippen LogP contribution in [0.25, 0.3) is 0 Å². The molecule has 2 nitrogen and oxygen atoms in total. The van der Waals surface area contributed by atoms with Crippen molar-refractivity contribution in [3.05, 3.63) is 35.4 Å². The molecule has 0 aromatic heterocycles. The molecule has 0 aliphatic carbocycles. The first kappa shape index (κ1) is 15.5. The molecule has 0 bridgehead atoms. The number of nitrogens with zero attached hydrogens (tertiary/aromatic N) is 1. The largest absolute Gasteiger partial charge is 0.311 e. The summed E-state index contributed by atoms with van der Waals surface area (Å²) in [5.74, 6) is 0. The molecule has 1 aliphatic heterocycles. The molecule has 2 rings (SSSR count). The van der Waals surface area contributed by atoms with Gasteiger partial charge in [-0.1, -0.05) is 37.6 Å². The van der Waals surface area contributed by atoms with E-state index in [1.807, 2.05) is 0 Å². The van der Waals surface area contributed by atoms with E-state index in [0.717, 1.165) is 13.1 Å². The lowest BCUT2D eigenvalue weighted by Gasteiger charge is -2.37. The minimum atomic E-state index is 0.208. The van der Waals surface area contributed by atoms with Crippen molar-refractivity contribution in [1.29, 1.82) is 0 Å². The van der Waals surface area contributed by atoms with E-state index in [1.54, 1.807) is 5.56 Å². The van der Waals surface area contributed by atoms with Gasteiger partial charge in [-0.15, -0.1) is 0 Å². The summed E-state index contributed by atoms with van der Waals surface area (Å²) in [6.07, 6.45) is 3.74. The molecule has 1 N–H and O–H groups in total. The zero-order chi connectivity index (χ0) is 14.6. The number of hydrogen-bond donors (Lipinski definition) is 1. The van der Waals surface area contributed by atoms with Crippen molar-refractivity contribution in [3.8, 4) is 0 Å². The van der Waals surface area contributed by atoms with E-state index in [4.69, 9.17) is 0 Å². The summed E-state index contributed by atoms with van der Waals surface area (Å²) < 4.78 is 0. The molecule has 1 unspecified atom stereocenters. The Kier molecular flexibility index (Phi) is 5.22. The van der Waals surface area contributed by atoms with Gasteiger partial charge in [0.05, 0.1) is 0 Å². The van der Waals surface area contributed by atoms with Crippen LogP contribution in [0.15, 0.2) is 24.3 Å². The molecule has 1 heterocycles. The molecule has 0 spiro atoms. The van der Waals surface area contributed by atoms with E-state index in [0.29, 0.717) is 6.04 Å². The highest BCUT2D eigenvalue weighted by Gasteiger charge is 2.23. The molecule has 0 saturated heterocycles. The van der Waals surface area contributed by atoms with Crippen molar-refractivity contribution in [2.24, 2.45) is 0 Å². The van der Waals surface area contributed by atoms with E-state index in [-0.39, 0.29) is 5.54 Å². The fourth-order valence-corrected chi connectivity index (χ4v) is 3.00. The Bertz CT molecular complexity index is 420. The second kappa shape index (κ2) is 6.73. The monoisotopic (exact) mass is 274 g/mol. The van der Waals surface area contributed by atoms with Gasteiger partial charge in [0.1, 0.15) is 0 Å². The van der Waals surface area contributed by atoms with Crippen molar-refractivity contribution >= 4 is 0 Å². The smallest absolute Gasteiger partial charge is 0.0240 e. The molecule has 112 valence electrons. The van der Waals surface area contributed by atoms with Crippen LogP contribution in [0.4, 0.5) is 0 Å². The maximum absolute atomic E-state index is 3.69. The second-order valence-electron chi connectivity index (χ2n) is 7.06. The maximum atomic E-state index is 3.69. The average Bonchev–Trinajstić information content (AvgIpc) is 2.42. The molecule has 0 saturated carbocycles. The number of benzene rings is 1. The van der Waals surface area contributed by atoms with Crippen molar-refractivity contribution in [2.45, 2.75) is 65.1 Å². The molecule has 1 atom stereocenters. The van der Waals surface area contributed by atoms with E-state index in [2.05, 4.69) is 62.2 Å². The van der Waals surface area contributed by atoms with Gasteiger partial charge in [0.25, 0.3) is 0 Å². The van der Waals surface area contributed by atoms with Crippen LogP contribution in [0.5, 0.6) is 0 Å². The summed E-state index contributed by atoms with van der Waals surface area (Å²) in [6, 6.07) is 9.58. The van der Waals surface area contributed by atoms with Gasteiger partial charge in [0.15, 0.2) is 0 Å². The van der Waals surface area contributed by atoms with Gasteiger partial charge >= 0.3 is 0 Å². The third-order valence-corrected chi connectivity index (χ3v) is 4.17. The van der Waals surface area contributed by atoms with Gasteiger partial charge < -0.3 is 5.32 Å². The minimum Gasteiger partial charge on any atom is -0.311 e. The molecule has 0 fully saturated rings. The summed E-state index contributed by atoms with van der Waals surface area (Å²) in [7, 11) is 0. The lowest BCUT2D eigenvalue weighted by atomic mass is 9.97. The Morgan fingerprint density at radius 3 is 2.55 bits per heavy atom. The third-order valence-electron chi connectivity index (χ3n) is 4.17. The predicted molar refractivity (Wildman–Crippen MR) is 87.0 cm³/mol. The first-order chi connectivity index (χ1) is 9.49. The number of rotatable bonds is 5. The standard InChI is InChI=1S/C18H30N2/c1-5-8-17(13-19-18(2,3)4)20-12-11-15-9-6-7-10-16(15)14-20/h6-7,9-10,17,19H,5,8,11-14H2,1-4H3. The fraction of sp³-hybridized carbons (Fsp3) is 0.667. The SMILES string of the molecule is CCCC(CNC(C)(C)C)N1CCc2ccccc2C1. The molecule has 1 aromatic rings. The number of hydrogen-bond acceptors (Lipinski definition) is 2. The van der Waals surface area contributed by atoms with Crippen LogP contribution in [0.1, 0.15) is 51.7 Å². The van der Waals surface area contributed by atoms with Gasteiger partial charge in [-0.05, 0) is 44.7 Å². The highest BCUT2D eigenvalue weighted by atomic mass is 15.2. The highest BCUT2D eigenvalue weighted by Crippen LogP contribution is 2.22. The first-order valence-corrected chi connectivity index (χ1v) is 8.05. The van der Waals surface area contributed by atoms with Crippen LogP contribution < -0.4 is 5.32 Å². The minimum absolute atomic E-state index is 0.208. The topological polar surface area (TPSA) is 15.3 Å². The van der Waals surface area contributed by atoms with E-state index in [9.17, 15) is 0 Å². The molecular formula is C18H30N2. The first-order valence-electron chi connectivity index (χ1n) is 8.05. The second-order valence-corrected chi connectivity index (χ2v) is 7.06. The van der Waals surface area contributed by atoms with Crippen LogP contribution in [0.2, 0.25) is 0 Å². The van der Waals surface area contributed by atoms with E-state index in [1.165, 1.54) is 31.4 Å². The van der Waals surface area contributed by atoms with Crippen LogP contribution in [0.3, 0.4) is 0 Å². The Morgan fingerprint density at radius 2 is 1.90 bits per heavy atom. The van der Waals surface area contributed by atoms with Crippen LogP contribution in [0, 0.1) is 0 Å². The lowest BCUT2D eigenvalue weighted by Crippen LogP contribution is -2.49. The molecule has 0 radical (unpaired) electrons. The Labute approximate surface area is 124 Å². The van der Waals surface area contributed by atoms with Gasteiger partial charge in [0.2, 0.25) is 0 Å². The molecule has 1 aromatic carbocycles. The lowest BCUT2D eigenvalue weighted by molar-refractivity contribution is 0.157. The molecule has 0 amide bonds. The Hall–Kier alpha value is -0.860. The summed E-state index contributed by atoms with van der Waals surface area (Å²) in [6.45, 7) is 12.5. The van der Waals surface area contributed by atoms with Gasteiger partial charge in [0, 0.05) is 31.2 Å². The van der Waals surface area contributed by atoms with Crippen molar-refractivity contribution in [3.63, 3.8) is 0 Å². The quantitative estimate of drug-likeness (QED) is 0.882. The normalized spacial score (nSPS) is 17.8. The maximum Gasteiger partial charge on any atom is 0.0240 e. The van der Waals surface area contributed by atoms with Crippen molar-refractivity contribution < 1.29 is 0 Å². The predicted octanol–water partition coefficient (Wildman–Crippen LogP) is 3.60. The highest BCUT2D eigenvalue weighted by molar-refractivity contribution is 5.29. The van der Waals surface area contributed by atoms with Crippen molar-refractivity contribution in [2.75, 3.05) is 13.1 Å². The molecule has 1 aliphatic rings. The van der Waals surface area contributed by atoms with Gasteiger partial charge in [-0.2, -0.15) is 0 Å². The van der Waals surface area contributed by atoms with Gasteiger partial charge in [-0.25, -0.2) is 0 Å². The molecule has 20 heavy (non-hydrogen) atoms. The number of fused-ring (bicyclic) bond motifs is 1. The van der Waals surface area contributed by atoms with Crippen LogP contribution >= 0.6 is 0 Å². The summed E-state index contributed by atoms with van der Waals surface area (Å²) in [5.41, 5.74) is 3.28. The zero-order valence-corrected chi connectivity index (χ0v) is 13.6. The fourth-order valence-electron chi connectivity index (χ4n) is 3.00. The average molecular weight is 274 g/mol. The van der Waals surface area contributed by atoms with Crippen LogP contribution in [-0.4, -0.2) is 29.6 Å². The summed E-state index contributed by atoms with van der Waals surface area (Å²) >= 11 is 0. The summed E-state index contributed by atoms with van der Waals surface area (Å²) in [4.78, 5) is 2.67. The van der Waals surface area contributed by atoms with Crippen molar-refractivity contribution in [1.82, 2.24) is 10.2 Å². The molecule has 2 heteroatoms.